The maximum absolute atomic E-state index is 13.1. The van der Waals surface area contributed by atoms with Crippen molar-refractivity contribution in [1.82, 2.24) is 5.32 Å². The molecule has 0 spiro atoms. The number of carbonyl (C=O) groups is 1. The number of halogens is 1. The molecule has 0 atom stereocenters. The van der Waals surface area contributed by atoms with E-state index in [2.05, 4.69) is 26.1 Å². The van der Waals surface area contributed by atoms with E-state index in [1.165, 1.54) is 17.7 Å². The summed E-state index contributed by atoms with van der Waals surface area (Å²) in [7, 11) is 0. The molecule has 1 amide bonds. The van der Waals surface area contributed by atoms with Crippen LogP contribution in [0.2, 0.25) is 0 Å². The lowest BCUT2D eigenvalue weighted by Crippen LogP contribution is -2.34. The van der Waals surface area contributed by atoms with E-state index in [0.717, 1.165) is 18.4 Å². The van der Waals surface area contributed by atoms with Crippen LogP contribution < -0.4 is 5.32 Å². The molecule has 0 aromatic heterocycles. The van der Waals surface area contributed by atoms with E-state index in [9.17, 15) is 9.18 Å². The third-order valence-electron chi connectivity index (χ3n) is 4.51. The minimum absolute atomic E-state index is 0.0703. The smallest absolute Gasteiger partial charge is 0.251 e. The molecule has 0 unspecified atom stereocenters. The van der Waals surface area contributed by atoms with E-state index in [1.54, 1.807) is 12.1 Å². The standard InChI is InChI=1S/C20H22FNO/c1-19(2,3)15-6-4-14(5-7-15)18(23)22-20(12-13-20)16-8-10-17(21)11-9-16/h4-11H,12-13H2,1-3H3,(H,22,23). The van der Waals surface area contributed by atoms with Gasteiger partial charge in [-0.3, -0.25) is 4.79 Å². The summed E-state index contributed by atoms with van der Waals surface area (Å²) >= 11 is 0. The highest BCUT2D eigenvalue weighted by atomic mass is 19.1. The monoisotopic (exact) mass is 311 g/mol. The fraction of sp³-hybridized carbons (Fsp3) is 0.350. The highest BCUT2D eigenvalue weighted by Gasteiger charge is 2.45. The summed E-state index contributed by atoms with van der Waals surface area (Å²) in [4.78, 5) is 12.5. The van der Waals surface area contributed by atoms with E-state index >= 15 is 0 Å². The average Bonchev–Trinajstić information content (AvgIpc) is 3.28. The van der Waals surface area contributed by atoms with Crippen molar-refractivity contribution >= 4 is 5.91 Å². The molecule has 0 radical (unpaired) electrons. The number of carbonyl (C=O) groups excluding carboxylic acids is 1. The first-order valence-electron chi connectivity index (χ1n) is 7.99. The molecular formula is C20H22FNO. The number of nitrogens with one attached hydrogen (secondary N) is 1. The maximum Gasteiger partial charge on any atom is 0.251 e. The SMILES string of the molecule is CC(C)(C)c1ccc(C(=O)NC2(c3ccc(F)cc3)CC2)cc1. The van der Waals surface area contributed by atoms with Crippen LogP contribution in [0.4, 0.5) is 4.39 Å². The Bertz CT molecular complexity index is 707. The molecule has 1 fully saturated rings. The van der Waals surface area contributed by atoms with Gasteiger partial charge in [0.05, 0.1) is 5.54 Å². The Balaban J connectivity index is 1.75. The summed E-state index contributed by atoms with van der Waals surface area (Å²) < 4.78 is 13.1. The van der Waals surface area contributed by atoms with Crippen molar-refractivity contribution in [3.8, 4) is 0 Å². The summed E-state index contributed by atoms with van der Waals surface area (Å²) in [5.41, 5.74) is 2.58. The van der Waals surface area contributed by atoms with Crippen molar-refractivity contribution in [1.29, 1.82) is 0 Å². The van der Waals surface area contributed by atoms with Gasteiger partial charge in [0, 0.05) is 5.56 Å². The topological polar surface area (TPSA) is 29.1 Å². The predicted octanol–water partition coefficient (Wildman–Crippen LogP) is 4.54. The molecule has 1 aliphatic carbocycles. The Morgan fingerprint density at radius 2 is 1.57 bits per heavy atom. The van der Waals surface area contributed by atoms with Crippen LogP contribution in [0.15, 0.2) is 48.5 Å². The zero-order chi connectivity index (χ0) is 16.7. The first kappa shape index (κ1) is 15.7. The lowest BCUT2D eigenvalue weighted by atomic mass is 9.86. The lowest BCUT2D eigenvalue weighted by Gasteiger charge is -2.20. The summed E-state index contributed by atoms with van der Waals surface area (Å²) in [6, 6.07) is 14.2. The van der Waals surface area contributed by atoms with Gasteiger partial charge in [0.2, 0.25) is 0 Å². The Kier molecular flexibility index (Phi) is 3.75. The Morgan fingerprint density at radius 3 is 2.04 bits per heavy atom. The molecule has 23 heavy (non-hydrogen) atoms. The lowest BCUT2D eigenvalue weighted by molar-refractivity contribution is 0.0931. The second kappa shape index (κ2) is 5.48. The first-order valence-corrected chi connectivity index (χ1v) is 7.99. The number of amides is 1. The van der Waals surface area contributed by atoms with Gasteiger partial charge in [-0.15, -0.1) is 0 Å². The molecule has 2 aromatic carbocycles. The third-order valence-corrected chi connectivity index (χ3v) is 4.51. The van der Waals surface area contributed by atoms with E-state index < -0.39 is 0 Å². The molecule has 3 rings (SSSR count). The van der Waals surface area contributed by atoms with E-state index in [1.807, 2.05) is 24.3 Å². The summed E-state index contributed by atoms with van der Waals surface area (Å²) in [5.74, 6) is -0.332. The van der Waals surface area contributed by atoms with Crippen molar-refractivity contribution in [2.24, 2.45) is 0 Å². The Morgan fingerprint density at radius 1 is 1.00 bits per heavy atom. The molecule has 0 saturated heterocycles. The molecule has 1 aliphatic rings. The number of rotatable bonds is 3. The molecule has 120 valence electrons. The van der Waals surface area contributed by atoms with Gasteiger partial charge in [-0.05, 0) is 53.6 Å². The van der Waals surface area contributed by atoms with E-state index in [-0.39, 0.29) is 22.7 Å². The van der Waals surface area contributed by atoms with E-state index in [4.69, 9.17) is 0 Å². The molecule has 0 aliphatic heterocycles. The normalized spacial score (nSPS) is 16.0. The van der Waals surface area contributed by atoms with Crippen molar-refractivity contribution in [2.45, 2.75) is 44.6 Å². The van der Waals surface area contributed by atoms with Gasteiger partial charge in [0.25, 0.3) is 5.91 Å². The summed E-state index contributed by atoms with van der Waals surface area (Å²) in [6.07, 6.45) is 1.79. The minimum Gasteiger partial charge on any atom is -0.343 e. The van der Waals surface area contributed by atoms with Gasteiger partial charge in [0.15, 0.2) is 0 Å². The Hall–Kier alpha value is -2.16. The summed E-state index contributed by atoms with van der Waals surface area (Å²) in [5, 5.41) is 3.12. The summed E-state index contributed by atoms with van der Waals surface area (Å²) in [6.45, 7) is 6.45. The second-order valence-electron chi connectivity index (χ2n) is 7.37. The van der Waals surface area contributed by atoms with Crippen LogP contribution in [0.25, 0.3) is 0 Å². The van der Waals surface area contributed by atoms with Crippen LogP contribution in [0.1, 0.15) is 55.1 Å². The molecule has 2 nitrogen and oxygen atoms in total. The zero-order valence-electron chi connectivity index (χ0n) is 13.8. The molecule has 1 saturated carbocycles. The van der Waals surface area contributed by atoms with Gasteiger partial charge < -0.3 is 5.32 Å². The fourth-order valence-corrected chi connectivity index (χ4v) is 2.79. The van der Waals surface area contributed by atoms with Crippen LogP contribution in [0.3, 0.4) is 0 Å². The largest absolute Gasteiger partial charge is 0.343 e. The molecule has 2 aromatic rings. The first-order chi connectivity index (χ1) is 10.8. The minimum atomic E-state index is -0.326. The van der Waals surface area contributed by atoms with Crippen LogP contribution in [0.5, 0.6) is 0 Å². The maximum atomic E-state index is 13.1. The second-order valence-corrected chi connectivity index (χ2v) is 7.37. The van der Waals surface area contributed by atoms with E-state index in [0.29, 0.717) is 5.56 Å². The molecule has 3 heteroatoms. The third kappa shape index (κ3) is 3.29. The van der Waals surface area contributed by atoms with Crippen LogP contribution in [0, 0.1) is 5.82 Å². The number of hydrogen-bond acceptors (Lipinski definition) is 1. The van der Waals surface area contributed by atoms with Gasteiger partial charge >= 0.3 is 0 Å². The van der Waals surface area contributed by atoms with Crippen LogP contribution in [-0.4, -0.2) is 5.91 Å². The molecule has 1 N–H and O–H groups in total. The average molecular weight is 311 g/mol. The zero-order valence-corrected chi connectivity index (χ0v) is 13.8. The van der Waals surface area contributed by atoms with Crippen LogP contribution >= 0.6 is 0 Å². The van der Waals surface area contributed by atoms with Gasteiger partial charge in [0.1, 0.15) is 5.82 Å². The van der Waals surface area contributed by atoms with Gasteiger partial charge in [-0.1, -0.05) is 45.0 Å². The van der Waals surface area contributed by atoms with Gasteiger partial charge in [-0.2, -0.15) is 0 Å². The van der Waals surface area contributed by atoms with Crippen molar-refractivity contribution < 1.29 is 9.18 Å². The van der Waals surface area contributed by atoms with Gasteiger partial charge in [-0.25, -0.2) is 4.39 Å². The van der Waals surface area contributed by atoms with Crippen LogP contribution in [-0.2, 0) is 11.0 Å². The van der Waals surface area contributed by atoms with Crippen molar-refractivity contribution in [2.75, 3.05) is 0 Å². The quantitative estimate of drug-likeness (QED) is 0.885. The molecular weight excluding hydrogens is 289 g/mol. The van der Waals surface area contributed by atoms with Crippen molar-refractivity contribution in [3.05, 3.63) is 71.0 Å². The number of benzene rings is 2. The Labute approximate surface area is 136 Å². The highest BCUT2D eigenvalue weighted by molar-refractivity contribution is 5.95. The molecule has 0 heterocycles. The molecule has 0 bridgehead atoms. The predicted molar refractivity (Wildman–Crippen MR) is 89.9 cm³/mol. The fourth-order valence-electron chi connectivity index (χ4n) is 2.79. The highest BCUT2D eigenvalue weighted by Crippen LogP contribution is 2.45. The van der Waals surface area contributed by atoms with Crippen molar-refractivity contribution in [3.63, 3.8) is 0 Å². The number of hydrogen-bond donors (Lipinski definition) is 1.